The standard InChI is InChI=1S/C5H3ClP.HI.Zn/c6-5-1-3-7-4-2-5;;/h1-3H;1H;/q-1;;+2/p-1. The molecule has 44 valence electrons. The van der Waals surface area contributed by atoms with Crippen molar-refractivity contribution < 1.29 is 14.8 Å². The first-order valence-corrected chi connectivity index (χ1v) is 12.5. The Morgan fingerprint density at radius 3 is 2.56 bits per heavy atom. The van der Waals surface area contributed by atoms with Crippen LogP contribution in [0.25, 0.3) is 0 Å². The summed E-state index contributed by atoms with van der Waals surface area (Å²) in [4.78, 5) is 0. The molecule has 0 atom stereocenters. The van der Waals surface area contributed by atoms with Crippen LogP contribution in [0.2, 0.25) is 5.02 Å². The Morgan fingerprint density at radius 2 is 2.33 bits per heavy atom. The average Bonchev–Trinajstić information content (AvgIpc) is 1.94. The molecule has 0 aliphatic rings. The first-order chi connectivity index (χ1) is 4.39. The Balaban J connectivity index is 0.000000291. The van der Waals surface area contributed by atoms with Gasteiger partial charge in [0.2, 0.25) is 0 Å². The van der Waals surface area contributed by atoms with Crippen LogP contribution in [-0.2, 0) is 14.8 Å². The Morgan fingerprint density at radius 1 is 1.67 bits per heavy atom. The second-order valence-corrected chi connectivity index (χ2v) is 2.35. The van der Waals surface area contributed by atoms with Gasteiger partial charge in [-0.05, 0) is 0 Å². The maximum atomic E-state index is 5.52. The normalized spacial score (nSPS) is 8.44. The molecule has 9 heavy (non-hydrogen) atoms. The molecule has 1 aromatic heterocycles. The molecule has 0 aliphatic heterocycles. The van der Waals surface area contributed by atoms with Crippen LogP contribution in [0.4, 0.5) is 0 Å². The van der Waals surface area contributed by atoms with E-state index in [-0.39, 0.29) is 0 Å². The first kappa shape index (κ1) is 10.3. The quantitative estimate of drug-likeness (QED) is 0.389. The zero-order chi connectivity index (χ0) is 7.11. The van der Waals surface area contributed by atoms with Crippen LogP contribution in [0.5, 0.6) is 0 Å². The third-order valence-corrected chi connectivity index (χ3v) is 1.40. The van der Waals surface area contributed by atoms with E-state index in [2.05, 4.69) is 25.5 Å². The van der Waals surface area contributed by atoms with Crippen LogP contribution < -0.4 is 0 Å². The van der Waals surface area contributed by atoms with E-state index in [1.807, 2.05) is 11.9 Å². The molecule has 1 heterocycles. The summed E-state index contributed by atoms with van der Waals surface area (Å²) in [7, 11) is 1.10. The topological polar surface area (TPSA) is 0 Å². The second-order valence-electron chi connectivity index (χ2n) is 1.10. The van der Waals surface area contributed by atoms with E-state index in [9.17, 15) is 0 Å². The van der Waals surface area contributed by atoms with Crippen molar-refractivity contribution in [2.75, 3.05) is 0 Å². The molecule has 0 unspecified atom stereocenters. The van der Waals surface area contributed by atoms with Gasteiger partial charge in [0, 0.05) is 0 Å². The molecule has 0 radical (unpaired) electrons. The summed E-state index contributed by atoms with van der Waals surface area (Å²) in [5, 5.41) is 0.763. The molecule has 0 fully saturated rings. The monoisotopic (exact) mass is 320 g/mol. The SMILES string of the molecule is Clc1c[c-]pcc1.[Zn+][I]. The summed E-state index contributed by atoms with van der Waals surface area (Å²) >= 11 is 9.14. The fourth-order valence-electron chi connectivity index (χ4n) is 0.299. The predicted molar refractivity (Wildman–Crippen MR) is 46.8 cm³/mol. The Bertz CT molecular complexity index is 147. The van der Waals surface area contributed by atoms with Gasteiger partial charge in [-0.1, -0.05) is 5.02 Å². The molecule has 0 nitrogen and oxygen atoms in total. The summed E-state index contributed by atoms with van der Waals surface area (Å²) in [6, 6.07) is 3.63. The summed E-state index contributed by atoms with van der Waals surface area (Å²) in [5.74, 6) is 4.87. The molecule has 0 saturated heterocycles. The Kier molecular flexibility index (Phi) is 8.46. The van der Waals surface area contributed by atoms with Crippen LogP contribution >= 0.6 is 39.5 Å². The van der Waals surface area contributed by atoms with Gasteiger partial charge in [0.05, 0.1) is 0 Å². The zero-order valence-corrected chi connectivity index (χ0v) is 11.4. The van der Waals surface area contributed by atoms with Crippen molar-refractivity contribution in [1.82, 2.24) is 0 Å². The van der Waals surface area contributed by atoms with Gasteiger partial charge in [-0.25, -0.2) is 8.19 Å². The van der Waals surface area contributed by atoms with Crippen LogP contribution in [0.15, 0.2) is 17.9 Å². The van der Waals surface area contributed by atoms with E-state index in [1.54, 1.807) is 6.07 Å². The summed E-state index contributed by atoms with van der Waals surface area (Å²) in [6.07, 6.45) is 0. The van der Waals surface area contributed by atoms with Gasteiger partial charge in [0.15, 0.2) is 0 Å². The van der Waals surface area contributed by atoms with Crippen molar-refractivity contribution in [3.63, 3.8) is 0 Å². The van der Waals surface area contributed by atoms with Crippen LogP contribution in [0.3, 0.4) is 0 Å². The van der Waals surface area contributed by atoms with E-state index < -0.39 is 0 Å². The second kappa shape index (κ2) is 7.40. The number of hydrogen-bond donors (Lipinski definition) is 0. The van der Waals surface area contributed by atoms with Crippen LogP contribution in [-0.4, -0.2) is 0 Å². The van der Waals surface area contributed by atoms with E-state index >= 15 is 0 Å². The summed E-state index contributed by atoms with van der Waals surface area (Å²) in [5.41, 5.74) is 0. The van der Waals surface area contributed by atoms with Gasteiger partial charge in [-0.2, -0.15) is 23.5 Å². The molecule has 4 heteroatoms. The van der Waals surface area contributed by atoms with Gasteiger partial charge in [0.1, 0.15) is 0 Å². The molecule has 0 saturated carbocycles. The molecule has 0 amide bonds. The van der Waals surface area contributed by atoms with Crippen molar-refractivity contribution in [2.24, 2.45) is 0 Å². The van der Waals surface area contributed by atoms with Crippen molar-refractivity contribution in [1.29, 1.82) is 0 Å². The third-order valence-electron chi connectivity index (χ3n) is 0.585. The Hall–Kier alpha value is 1.29. The van der Waals surface area contributed by atoms with Gasteiger partial charge in [0.25, 0.3) is 0 Å². The zero-order valence-electron chi connectivity index (χ0n) is 4.64. The van der Waals surface area contributed by atoms with E-state index in [4.69, 9.17) is 11.6 Å². The van der Waals surface area contributed by atoms with Gasteiger partial charge >= 0.3 is 34.5 Å². The van der Waals surface area contributed by atoms with Crippen molar-refractivity contribution in [3.05, 3.63) is 28.8 Å². The minimum absolute atomic E-state index is 0.763. The minimum atomic E-state index is 0.763. The molecule has 0 N–H and O–H groups in total. The molecule has 0 aromatic carbocycles. The summed E-state index contributed by atoms with van der Waals surface area (Å²) < 4.78 is 0. The molecular weight excluding hydrogens is 319 g/mol. The number of hydrogen-bond acceptors (Lipinski definition) is 0. The van der Waals surface area contributed by atoms with Gasteiger partial charge < -0.3 is 0 Å². The predicted octanol–water partition coefficient (Wildman–Crippen LogP) is 3.60. The number of rotatable bonds is 0. The maximum absolute atomic E-state index is 5.52. The average molecular weight is 322 g/mol. The summed E-state index contributed by atoms with van der Waals surface area (Å²) in [6.45, 7) is 0. The fourth-order valence-corrected chi connectivity index (χ4v) is 1.11. The molecule has 1 aromatic rings. The van der Waals surface area contributed by atoms with Crippen LogP contribution in [0, 0.1) is 5.80 Å². The first-order valence-electron chi connectivity index (χ1n) is 2.14. The molecule has 0 spiro atoms. The Labute approximate surface area is 82.3 Å². The molecule has 0 aliphatic carbocycles. The van der Waals surface area contributed by atoms with Crippen molar-refractivity contribution in [3.8, 4) is 0 Å². The molecular formula is C5H3ClIPZn. The fraction of sp³-hybridized carbons (Fsp3) is 0. The van der Waals surface area contributed by atoms with Gasteiger partial charge in [-0.3, -0.25) is 0 Å². The van der Waals surface area contributed by atoms with E-state index in [0.717, 1.165) is 13.2 Å². The molecule has 1 rings (SSSR count). The molecule has 0 bridgehead atoms. The third kappa shape index (κ3) is 5.72. The van der Waals surface area contributed by atoms with Crippen molar-refractivity contribution >= 4 is 39.5 Å². The van der Waals surface area contributed by atoms with Crippen LogP contribution in [0.1, 0.15) is 0 Å². The van der Waals surface area contributed by atoms with Crippen molar-refractivity contribution in [2.45, 2.75) is 0 Å². The van der Waals surface area contributed by atoms with E-state index in [0.29, 0.717) is 0 Å². The number of halogens is 2. The van der Waals surface area contributed by atoms with E-state index in [1.165, 1.54) is 14.8 Å². The van der Waals surface area contributed by atoms with Gasteiger partial charge in [-0.15, -0.1) is 11.9 Å².